The number of aromatic hydroxyl groups is 1. The topological polar surface area (TPSA) is 43.6 Å². The maximum atomic E-state index is 10.3. The molecule has 0 fully saturated rings. The van der Waals surface area contributed by atoms with Crippen LogP contribution in [0.2, 0.25) is 0 Å². The fourth-order valence-electron chi connectivity index (χ4n) is 4.77. The summed E-state index contributed by atoms with van der Waals surface area (Å²) in [6.07, 6.45) is 0.831. The third kappa shape index (κ3) is 12.5. The number of rotatable bonds is 9. The van der Waals surface area contributed by atoms with Crippen molar-refractivity contribution in [3.8, 4) is 22.6 Å². The number of phenols is 1. The van der Waals surface area contributed by atoms with Crippen molar-refractivity contribution in [1.82, 2.24) is 0 Å². The summed E-state index contributed by atoms with van der Waals surface area (Å²) in [6, 6.07) is 39.7. The predicted octanol–water partition coefficient (Wildman–Crippen LogP) is 11.8. The third-order valence-corrected chi connectivity index (χ3v) is 7.19. The second kappa shape index (κ2) is 20.3. The number of nitrogens with zero attached hydrogens (tertiary/aromatic N) is 1. The summed E-state index contributed by atoms with van der Waals surface area (Å²) in [4.78, 5) is 0. The number of ether oxygens (including phenoxy) is 1. The Bertz CT molecular complexity index is 1500. The van der Waals surface area contributed by atoms with Crippen LogP contribution in [0.1, 0.15) is 73.8 Å². The Hall–Kier alpha value is -3.88. The van der Waals surface area contributed by atoms with Crippen molar-refractivity contribution in [2.24, 2.45) is 0 Å². The van der Waals surface area contributed by atoms with E-state index in [0.717, 1.165) is 52.2 Å². The molecule has 0 saturated heterocycles. The Morgan fingerprint density at radius 3 is 1.65 bits per heavy atom. The minimum Gasteiger partial charge on any atom is -0.684 e. The molecule has 46 heavy (non-hydrogen) atoms. The Morgan fingerprint density at radius 2 is 1.17 bits per heavy atom. The fourth-order valence-corrected chi connectivity index (χ4v) is 4.77. The van der Waals surface area contributed by atoms with Crippen LogP contribution >= 0.6 is 0 Å². The van der Waals surface area contributed by atoms with E-state index in [1.54, 1.807) is 6.07 Å². The van der Waals surface area contributed by atoms with E-state index in [4.69, 9.17) is 10.1 Å². The van der Waals surface area contributed by atoms with Gasteiger partial charge in [-0.15, -0.1) is 36.5 Å². The number of hydrogen-bond donors (Lipinski definition) is 1. The summed E-state index contributed by atoms with van der Waals surface area (Å²) < 4.78 is 6.12. The van der Waals surface area contributed by atoms with Gasteiger partial charge in [0.05, 0.1) is 6.61 Å². The first kappa shape index (κ1) is 38.3. The Labute approximate surface area is 297 Å². The molecule has 0 amide bonds. The molecule has 0 unspecified atom stereocenters. The SMILES string of the molecule is Cc1ccc(OCCC[N-]c2c(C(C)C)cccc2C(C)C)c(-c2ccccc2O)c1.[CH2-]c1ccccc1.[CH2-]c1ccccc1.[Zr+3]. The molecule has 0 atom stereocenters. The molecule has 5 aromatic carbocycles. The monoisotopic (exact) mass is 688 g/mol. The van der Waals surface area contributed by atoms with Crippen LogP contribution in [-0.2, 0) is 26.2 Å². The van der Waals surface area contributed by atoms with E-state index in [2.05, 4.69) is 65.8 Å². The standard InChI is InChI=1S/C28H34NO2.2C7H7.Zr/c1-19(2)22-11-8-12-23(20(3)4)28(22)29-16-9-17-31-27-15-14-21(5)18-25(27)24-10-6-7-13-26(24)30;2*1-7-5-3-2-4-6-7;/h6-8,10-15,18-20,30H,9,16-17H2,1-5H3;2*2-6H,1H2;/q3*-1;+3. The Kier molecular flexibility index (Phi) is 16.9. The summed E-state index contributed by atoms with van der Waals surface area (Å²) in [6.45, 7) is 19.7. The summed E-state index contributed by atoms with van der Waals surface area (Å²) in [5.41, 5.74) is 8.76. The van der Waals surface area contributed by atoms with E-state index >= 15 is 0 Å². The van der Waals surface area contributed by atoms with Crippen LogP contribution < -0.4 is 4.74 Å². The second-order valence-electron chi connectivity index (χ2n) is 11.7. The average Bonchev–Trinajstić information content (AvgIpc) is 3.03. The summed E-state index contributed by atoms with van der Waals surface area (Å²) in [5, 5.41) is 15.3. The molecule has 1 radical (unpaired) electrons. The van der Waals surface area contributed by atoms with Crippen molar-refractivity contribution >= 4 is 5.69 Å². The molecule has 5 rings (SSSR count). The number of benzene rings is 5. The van der Waals surface area contributed by atoms with Gasteiger partial charge in [0.2, 0.25) is 0 Å². The molecule has 0 aromatic heterocycles. The van der Waals surface area contributed by atoms with E-state index < -0.39 is 0 Å². The third-order valence-electron chi connectivity index (χ3n) is 7.19. The summed E-state index contributed by atoms with van der Waals surface area (Å²) >= 11 is 0. The van der Waals surface area contributed by atoms with Crippen LogP contribution in [0.5, 0.6) is 11.5 Å². The Balaban J connectivity index is 0.000000401. The van der Waals surface area contributed by atoms with E-state index in [-0.39, 0.29) is 32.0 Å². The first-order chi connectivity index (χ1) is 21.7. The van der Waals surface area contributed by atoms with Crippen LogP contribution in [0, 0.1) is 20.8 Å². The van der Waals surface area contributed by atoms with Gasteiger partial charge in [-0.3, -0.25) is 0 Å². The van der Waals surface area contributed by atoms with Crippen molar-refractivity contribution in [1.29, 1.82) is 0 Å². The van der Waals surface area contributed by atoms with Crippen LogP contribution in [0.15, 0.2) is 121 Å². The van der Waals surface area contributed by atoms with Crippen molar-refractivity contribution in [3.63, 3.8) is 0 Å². The van der Waals surface area contributed by atoms with Gasteiger partial charge < -0.3 is 15.2 Å². The maximum Gasteiger partial charge on any atom is 3.00 e. The van der Waals surface area contributed by atoms with Gasteiger partial charge in [-0.05, 0) is 43.4 Å². The number of para-hydroxylation sites is 2. The van der Waals surface area contributed by atoms with Gasteiger partial charge in [-0.2, -0.15) is 49.2 Å². The minimum absolute atomic E-state index is 0. The molecule has 0 heterocycles. The molecular formula is C42H48NO2Zr. The molecule has 3 nitrogen and oxygen atoms in total. The normalized spacial score (nSPS) is 10.2. The molecule has 237 valence electrons. The van der Waals surface area contributed by atoms with Gasteiger partial charge in [0, 0.05) is 11.1 Å². The molecule has 0 bridgehead atoms. The molecule has 0 saturated carbocycles. The number of phenolic OH excluding ortho intramolecular Hbond substituents is 1. The van der Waals surface area contributed by atoms with Crippen molar-refractivity contribution in [3.05, 3.63) is 168 Å². The van der Waals surface area contributed by atoms with Crippen molar-refractivity contribution < 1.29 is 36.0 Å². The van der Waals surface area contributed by atoms with E-state index in [1.807, 2.05) is 97.9 Å². The molecule has 0 aliphatic rings. The van der Waals surface area contributed by atoms with Crippen LogP contribution in [0.3, 0.4) is 0 Å². The van der Waals surface area contributed by atoms with E-state index in [0.29, 0.717) is 18.4 Å². The molecular weight excluding hydrogens is 642 g/mol. The number of hydrogen-bond acceptors (Lipinski definition) is 2. The van der Waals surface area contributed by atoms with Crippen molar-refractivity contribution in [2.45, 2.75) is 52.9 Å². The zero-order valence-electron chi connectivity index (χ0n) is 28.0. The largest absolute Gasteiger partial charge is 3.00 e. The first-order valence-corrected chi connectivity index (χ1v) is 15.7. The van der Waals surface area contributed by atoms with Gasteiger partial charge in [0.15, 0.2) is 0 Å². The summed E-state index contributed by atoms with van der Waals surface area (Å²) in [7, 11) is 0. The molecule has 5 aromatic rings. The van der Waals surface area contributed by atoms with Gasteiger partial charge in [0.25, 0.3) is 0 Å². The van der Waals surface area contributed by atoms with Crippen LogP contribution in [0.4, 0.5) is 5.69 Å². The maximum absolute atomic E-state index is 10.3. The first-order valence-electron chi connectivity index (χ1n) is 15.7. The minimum atomic E-state index is 0. The van der Waals surface area contributed by atoms with E-state index in [1.165, 1.54) is 11.1 Å². The Morgan fingerprint density at radius 1 is 0.652 bits per heavy atom. The molecule has 0 spiro atoms. The summed E-state index contributed by atoms with van der Waals surface area (Å²) in [5.74, 6) is 1.95. The average molecular weight is 690 g/mol. The van der Waals surface area contributed by atoms with E-state index in [9.17, 15) is 5.11 Å². The fraction of sp³-hybridized carbons (Fsp3) is 0.238. The van der Waals surface area contributed by atoms with Gasteiger partial charge in [-0.25, -0.2) is 0 Å². The van der Waals surface area contributed by atoms with Gasteiger partial charge in [0.1, 0.15) is 11.5 Å². The smallest absolute Gasteiger partial charge is 0.684 e. The molecule has 4 heteroatoms. The zero-order valence-corrected chi connectivity index (χ0v) is 30.5. The predicted molar refractivity (Wildman–Crippen MR) is 193 cm³/mol. The number of aryl methyl sites for hydroxylation is 1. The quantitative estimate of drug-likeness (QED) is 0.124. The second-order valence-corrected chi connectivity index (χ2v) is 11.7. The van der Waals surface area contributed by atoms with Gasteiger partial charge in [-0.1, -0.05) is 99.0 Å². The zero-order chi connectivity index (χ0) is 32.6. The van der Waals surface area contributed by atoms with Crippen molar-refractivity contribution in [2.75, 3.05) is 13.2 Å². The molecule has 1 N–H and O–H groups in total. The molecule has 0 aliphatic carbocycles. The van der Waals surface area contributed by atoms with Gasteiger partial charge >= 0.3 is 26.2 Å². The van der Waals surface area contributed by atoms with Crippen LogP contribution in [-0.4, -0.2) is 18.3 Å². The van der Waals surface area contributed by atoms with Crippen LogP contribution in [0.25, 0.3) is 16.4 Å². The molecule has 0 aliphatic heterocycles.